The number of fused-ring (bicyclic) bond motifs is 1. The molecule has 4 nitrogen and oxygen atoms in total. The summed E-state index contributed by atoms with van der Waals surface area (Å²) in [5, 5.41) is 8.03. The monoisotopic (exact) mass is 284 g/mol. The molecule has 1 heterocycles. The summed E-state index contributed by atoms with van der Waals surface area (Å²) in [5.41, 5.74) is 1.40. The topological polar surface area (TPSA) is 61.2 Å². The van der Waals surface area contributed by atoms with Crippen molar-refractivity contribution in [2.75, 3.05) is 12.8 Å². The van der Waals surface area contributed by atoms with Gasteiger partial charge < -0.3 is 4.90 Å². The van der Waals surface area contributed by atoms with Crippen molar-refractivity contribution < 1.29 is 12.8 Å². The number of nitrogens with one attached hydrogen (secondary N) is 1. The van der Waals surface area contributed by atoms with E-state index in [1.165, 1.54) is 18.4 Å². The van der Waals surface area contributed by atoms with Gasteiger partial charge >= 0.3 is 0 Å². The van der Waals surface area contributed by atoms with Gasteiger partial charge in [0.1, 0.15) is 11.7 Å². The SMILES string of the molecule is CC(C)(CN1Cc2ccc(F)cc2C1=N)S(C)(=O)=O. The van der Waals surface area contributed by atoms with Crippen molar-refractivity contribution in [2.45, 2.75) is 25.1 Å². The standard InChI is InChI=1S/C13H17FN2O2S/c1-13(2,19(3,17)18)8-16-7-9-4-5-10(14)6-11(9)12(16)15/h4-6,15H,7-8H2,1-3H3. The van der Waals surface area contributed by atoms with E-state index in [0.717, 1.165) is 5.56 Å². The second kappa shape index (κ2) is 4.30. The van der Waals surface area contributed by atoms with Gasteiger partial charge in [-0.05, 0) is 31.5 Å². The van der Waals surface area contributed by atoms with E-state index in [0.29, 0.717) is 12.1 Å². The lowest BCUT2D eigenvalue weighted by molar-refractivity contribution is 0.378. The Bertz CT molecular complexity index is 638. The van der Waals surface area contributed by atoms with Crippen molar-refractivity contribution in [3.8, 4) is 0 Å². The van der Waals surface area contributed by atoms with Gasteiger partial charge in [0.2, 0.25) is 0 Å². The average Bonchev–Trinajstić information content (AvgIpc) is 2.54. The first kappa shape index (κ1) is 14.0. The minimum Gasteiger partial charge on any atom is -0.351 e. The van der Waals surface area contributed by atoms with Crippen LogP contribution in [0.2, 0.25) is 0 Å². The van der Waals surface area contributed by atoms with Crippen LogP contribution in [0.15, 0.2) is 18.2 Å². The number of sulfone groups is 1. The molecule has 0 spiro atoms. The first-order valence-corrected chi connectivity index (χ1v) is 7.83. The first-order valence-electron chi connectivity index (χ1n) is 5.94. The molecule has 0 saturated carbocycles. The Balaban J connectivity index is 2.26. The zero-order valence-electron chi connectivity index (χ0n) is 11.2. The molecule has 1 N–H and O–H groups in total. The van der Waals surface area contributed by atoms with Gasteiger partial charge in [-0.1, -0.05) is 6.07 Å². The van der Waals surface area contributed by atoms with Crippen LogP contribution in [-0.2, 0) is 16.4 Å². The molecule has 1 aliphatic rings. The van der Waals surface area contributed by atoms with E-state index in [2.05, 4.69) is 0 Å². The molecule has 1 aromatic carbocycles. The molecule has 0 bridgehead atoms. The highest BCUT2D eigenvalue weighted by atomic mass is 32.2. The van der Waals surface area contributed by atoms with Crippen molar-refractivity contribution in [3.63, 3.8) is 0 Å². The van der Waals surface area contributed by atoms with Gasteiger partial charge in [0, 0.05) is 24.9 Å². The predicted octanol–water partition coefficient (Wildman–Crippen LogP) is 1.79. The number of halogens is 1. The molecule has 104 valence electrons. The third kappa shape index (κ3) is 2.49. The minimum absolute atomic E-state index is 0.186. The molecule has 0 aromatic heterocycles. The lowest BCUT2D eigenvalue weighted by atomic mass is 10.1. The van der Waals surface area contributed by atoms with Gasteiger partial charge in [0.15, 0.2) is 9.84 Å². The fourth-order valence-electron chi connectivity index (χ4n) is 2.07. The number of hydrogen-bond acceptors (Lipinski definition) is 3. The second-order valence-electron chi connectivity index (χ2n) is 5.54. The summed E-state index contributed by atoms with van der Waals surface area (Å²) < 4.78 is 35.7. The predicted molar refractivity (Wildman–Crippen MR) is 72.6 cm³/mol. The van der Waals surface area contributed by atoms with E-state index >= 15 is 0 Å². The quantitative estimate of drug-likeness (QED) is 0.920. The molecule has 0 atom stereocenters. The summed E-state index contributed by atoms with van der Waals surface area (Å²) in [6.07, 6.45) is 1.19. The summed E-state index contributed by atoms with van der Waals surface area (Å²) in [6.45, 7) is 3.95. The second-order valence-corrected chi connectivity index (χ2v) is 8.19. The summed E-state index contributed by atoms with van der Waals surface area (Å²) >= 11 is 0. The number of benzene rings is 1. The fourth-order valence-corrected chi connectivity index (χ4v) is 2.46. The Labute approximate surface area is 112 Å². The molecule has 0 amide bonds. The van der Waals surface area contributed by atoms with Crippen LogP contribution in [0, 0.1) is 11.2 Å². The molecule has 19 heavy (non-hydrogen) atoms. The molecule has 1 aliphatic heterocycles. The smallest absolute Gasteiger partial charge is 0.154 e. The van der Waals surface area contributed by atoms with Crippen molar-refractivity contribution in [1.82, 2.24) is 4.90 Å². The van der Waals surface area contributed by atoms with E-state index in [9.17, 15) is 12.8 Å². The molecule has 0 saturated heterocycles. The Morgan fingerprint density at radius 1 is 1.42 bits per heavy atom. The molecule has 6 heteroatoms. The van der Waals surface area contributed by atoms with Crippen LogP contribution in [0.3, 0.4) is 0 Å². The van der Waals surface area contributed by atoms with Gasteiger partial charge in [-0.3, -0.25) is 5.41 Å². The van der Waals surface area contributed by atoms with Crippen LogP contribution in [0.4, 0.5) is 4.39 Å². The average molecular weight is 284 g/mol. The fraction of sp³-hybridized carbons (Fsp3) is 0.462. The Hall–Kier alpha value is -1.43. The van der Waals surface area contributed by atoms with Gasteiger partial charge in [0.25, 0.3) is 0 Å². The Morgan fingerprint density at radius 3 is 2.63 bits per heavy atom. The third-order valence-electron chi connectivity index (χ3n) is 3.58. The van der Waals surface area contributed by atoms with Crippen molar-refractivity contribution in [3.05, 3.63) is 35.1 Å². The van der Waals surface area contributed by atoms with Crippen LogP contribution in [0.1, 0.15) is 25.0 Å². The molecular weight excluding hydrogens is 267 g/mol. The van der Waals surface area contributed by atoms with Crippen LogP contribution in [-0.4, -0.2) is 36.7 Å². The first-order chi connectivity index (χ1) is 8.62. The maximum Gasteiger partial charge on any atom is 0.154 e. The highest BCUT2D eigenvalue weighted by molar-refractivity contribution is 7.92. The van der Waals surface area contributed by atoms with Crippen LogP contribution < -0.4 is 0 Å². The highest BCUT2D eigenvalue weighted by Crippen LogP contribution is 2.27. The highest BCUT2D eigenvalue weighted by Gasteiger charge is 2.36. The van der Waals surface area contributed by atoms with Crippen molar-refractivity contribution in [1.29, 1.82) is 5.41 Å². The number of amidine groups is 1. The van der Waals surface area contributed by atoms with Crippen LogP contribution in [0.5, 0.6) is 0 Å². The van der Waals surface area contributed by atoms with Gasteiger partial charge in [-0.15, -0.1) is 0 Å². The molecule has 0 unspecified atom stereocenters. The minimum atomic E-state index is -3.22. The van der Waals surface area contributed by atoms with E-state index < -0.39 is 14.6 Å². The number of nitrogens with zero attached hydrogens (tertiary/aromatic N) is 1. The molecule has 0 aliphatic carbocycles. The summed E-state index contributed by atoms with van der Waals surface area (Å²) in [4.78, 5) is 1.67. The maximum absolute atomic E-state index is 13.2. The normalized spacial score (nSPS) is 15.8. The third-order valence-corrected chi connectivity index (χ3v) is 5.72. The van der Waals surface area contributed by atoms with Crippen LogP contribution in [0.25, 0.3) is 0 Å². The van der Waals surface area contributed by atoms with Crippen molar-refractivity contribution in [2.24, 2.45) is 0 Å². The van der Waals surface area contributed by atoms with E-state index in [-0.39, 0.29) is 18.2 Å². The summed E-state index contributed by atoms with van der Waals surface area (Å²) in [6, 6.07) is 4.33. The summed E-state index contributed by atoms with van der Waals surface area (Å²) in [7, 11) is -3.22. The van der Waals surface area contributed by atoms with Gasteiger partial charge in [-0.2, -0.15) is 0 Å². The Morgan fingerprint density at radius 2 is 2.05 bits per heavy atom. The molecule has 0 fully saturated rings. The number of hydrogen-bond donors (Lipinski definition) is 1. The van der Waals surface area contributed by atoms with Gasteiger partial charge in [-0.25, -0.2) is 12.8 Å². The molecule has 0 radical (unpaired) electrons. The largest absolute Gasteiger partial charge is 0.351 e. The summed E-state index contributed by atoms with van der Waals surface area (Å²) in [5.74, 6) is -0.195. The zero-order chi connectivity index (χ0) is 14.4. The lowest BCUT2D eigenvalue weighted by Crippen LogP contribution is -2.44. The zero-order valence-corrected chi connectivity index (χ0v) is 12.0. The molecule has 2 rings (SSSR count). The van der Waals surface area contributed by atoms with Crippen molar-refractivity contribution >= 4 is 15.7 Å². The van der Waals surface area contributed by atoms with Gasteiger partial charge in [0.05, 0.1) is 4.75 Å². The molecule has 1 aromatic rings. The lowest BCUT2D eigenvalue weighted by Gasteiger charge is -2.29. The maximum atomic E-state index is 13.2. The van der Waals surface area contributed by atoms with Crippen LogP contribution >= 0.6 is 0 Å². The number of rotatable bonds is 3. The van der Waals surface area contributed by atoms with E-state index in [1.54, 1.807) is 24.8 Å². The van der Waals surface area contributed by atoms with E-state index in [4.69, 9.17) is 5.41 Å². The molecular formula is C13H17FN2O2S. The Kier molecular flexibility index (Phi) is 3.16. The van der Waals surface area contributed by atoms with E-state index in [1.807, 2.05) is 0 Å².